The molecule has 9 heteroatoms. The van der Waals surface area contributed by atoms with E-state index in [2.05, 4.69) is 20.3 Å². The molecular weight excluding hydrogens is 384 g/mol. The number of nitrogens with one attached hydrogen (secondary N) is 1. The number of nitrogens with two attached hydrogens (primary N) is 1. The first-order chi connectivity index (χ1) is 14.3. The van der Waals surface area contributed by atoms with E-state index in [9.17, 15) is 4.79 Å². The van der Waals surface area contributed by atoms with Crippen molar-refractivity contribution in [1.82, 2.24) is 19.9 Å². The first-order valence-electron chi connectivity index (χ1n) is 9.80. The standard InChI is InChI=1S/C21H26N6O3/c1-6-29-20(28)14-7-9-15(10-8-14)23-12(4)16-13(5)24-18-17(25-16)19(30-11(2)3)27-21(22)26-18/h7-12,23H,6H2,1-5H3,(H2,22,24,26,27). The van der Waals surface area contributed by atoms with Crippen molar-refractivity contribution in [2.45, 2.75) is 46.8 Å². The van der Waals surface area contributed by atoms with Gasteiger partial charge in [0.15, 0.2) is 11.2 Å². The van der Waals surface area contributed by atoms with E-state index >= 15 is 0 Å². The fraction of sp³-hybridized carbons (Fsp3) is 0.381. The second-order valence-electron chi connectivity index (χ2n) is 7.08. The number of benzene rings is 1. The third kappa shape index (κ3) is 4.73. The molecule has 0 bridgehead atoms. The molecule has 9 nitrogen and oxygen atoms in total. The lowest BCUT2D eigenvalue weighted by molar-refractivity contribution is 0.0526. The number of esters is 1. The summed E-state index contributed by atoms with van der Waals surface area (Å²) in [4.78, 5) is 29.4. The van der Waals surface area contributed by atoms with Crippen molar-refractivity contribution in [3.63, 3.8) is 0 Å². The second kappa shape index (κ2) is 8.89. The smallest absolute Gasteiger partial charge is 0.338 e. The van der Waals surface area contributed by atoms with Gasteiger partial charge in [-0.25, -0.2) is 14.8 Å². The molecule has 0 saturated carbocycles. The van der Waals surface area contributed by atoms with E-state index in [4.69, 9.17) is 20.2 Å². The van der Waals surface area contributed by atoms with Crippen LogP contribution in [0.4, 0.5) is 11.6 Å². The van der Waals surface area contributed by atoms with Crippen molar-refractivity contribution < 1.29 is 14.3 Å². The van der Waals surface area contributed by atoms with E-state index in [1.54, 1.807) is 19.1 Å². The van der Waals surface area contributed by atoms with Crippen LogP contribution in [0.25, 0.3) is 11.2 Å². The van der Waals surface area contributed by atoms with E-state index < -0.39 is 0 Å². The Kier molecular flexibility index (Phi) is 6.29. The number of hydrogen-bond donors (Lipinski definition) is 2. The summed E-state index contributed by atoms with van der Waals surface area (Å²) in [5.41, 5.74) is 9.44. The predicted molar refractivity (Wildman–Crippen MR) is 114 cm³/mol. The summed E-state index contributed by atoms with van der Waals surface area (Å²) in [6.45, 7) is 9.76. The van der Waals surface area contributed by atoms with Crippen LogP contribution in [0.15, 0.2) is 24.3 Å². The molecule has 1 unspecified atom stereocenters. The average molecular weight is 410 g/mol. The van der Waals surface area contributed by atoms with Crippen LogP contribution < -0.4 is 15.8 Å². The molecule has 0 amide bonds. The van der Waals surface area contributed by atoms with Gasteiger partial charge in [0.05, 0.1) is 35.7 Å². The number of ether oxygens (including phenoxy) is 2. The first-order valence-corrected chi connectivity index (χ1v) is 9.80. The van der Waals surface area contributed by atoms with Gasteiger partial charge in [-0.15, -0.1) is 0 Å². The number of fused-ring (bicyclic) bond motifs is 1. The maximum Gasteiger partial charge on any atom is 0.338 e. The molecule has 158 valence electrons. The summed E-state index contributed by atoms with van der Waals surface area (Å²) < 4.78 is 10.8. The maximum atomic E-state index is 11.8. The van der Waals surface area contributed by atoms with Gasteiger partial charge >= 0.3 is 5.97 Å². The van der Waals surface area contributed by atoms with E-state index in [1.165, 1.54) is 0 Å². The van der Waals surface area contributed by atoms with Gasteiger partial charge in [0.1, 0.15) is 0 Å². The fourth-order valence-electron chi connectivity index (χ4n) is 2.98. The van der Waals surface area contributed by atoms with Crippen molar-refractivity contribution in [2.24, 2.45) is 0 Å². The monoisotopic (exact) mass is 410 g/mol. The Labute approximate surface area is 175 Å². The molecule has 3 aromatic rings. The van der Waals surface area contributed by atoms with Crippen molar-refractivity contribution in [3.8, 4) is 5.88 Å². The molecular formula is C21H26N6O3. The van der Waals surface area contributed by atoms with Crippen LogP contribution in [0.3, 0.4) is 0 Å². The quantitative estimate of drug-likeness (QED) is 0.563. The zero-order chi connectivity index (χ0) is 21.8. The zero-order valence-corrected chi connectivity index (χ0v) is 17.8. The Morgan fingerprint density at radius 1 is 1.10 bits per heavy atom. The van der Waals surface area contributed by atoms with E-state index in [0.717, 1.165) is 17.1 Å². The first kappa shape index (κ1) is 21.2. The zero-order valence-electron chi connectivity index (χ0n) is 17.8. The normalized spacial score (nSPS) is 12.1. The van der Waals surface area contributed by atoms with Crippen LogP contribution in [-0.2, 0) is 4.74 Å². The van der Waals surface area contributed by atoms with Gasteiger partial charge in [0.2, 0.25) is 11.8 Å². The van der Waals surface area contributed by atoms with Crippen LogP contribution in [0.5, 0.6) is 5.88 Å². The van der Waals surface area contributed by atoms with Crippen molar-refractivity contribution in [1.29, 1.82) is 0 Å². The molecule has 0 saturated heterocycles. The molecule has 3 N–H and O–H groups in total. The highest BCUT2D eigenvalue weighted by molar-refractivity contribution is 5.89. The molecule has 3 rings (SSSR count). The highest BCUT2D eigenvalue weighted by Crippen LogP contribution is 2.26. The molecule has 0 fully saturated rings. The summed E-state index contributed by atoms with van der Waals surface area (Å²) in [6, 6.07) is 6.92. The van der Waals surface area contributed by atoms with Crippen molar-refractivity contribution >= 4 is 28.8 Å². The number of aryl methyl sites for hydroxylation is 1. The average Bonchev–Trinajstić information content (AvgIpc) is 2.67. The number of anilines is 2. The van der Waals surface area contributed by atoms with Gasteiger partial charge in [-0.05, 0) is 58.9 Å². The van der Waals surface area contributed by atoms with E-state index in [-0.39, 0.29) is 24.1 Å². The lowest BCUT2D eigenvalue weighted by Crippen LogP contribution is -2.14. The topological polar surface area (TPSA) is 125 Å². The minimum Gasteiger partial charge on any atom is -0.473 e. The summed E-state index contributed by atoms with van der Waals surface area (Å²) in [5.74, 6) is 0.0602. The van der Waals surface area contributed by atoms with E-state index in [0.29, 0.717) is 29.2 Å². The lowest BCUT2D eigenvalue weighted by Gasteiger charge is -2.18. The van der Waals surface area contributed by atoms with Gasteiger partial charge in [0, 0.05) is 5.69 Å². The molecule has 1 aromatic carbocycles. The lowest BCUT2D eigenvalue weighted by atomic mass is 10.1. The van der Waals surface area contributed by atoms with Gasteiger partial charge in [0.25, 0.3) is 0 Å². The molecule has 0 aliphatic heterocycles. The van der Waals surface area contributed by atoms with Gasteiger partial charge < -0.3 is 20.5 Å². The minimum atomic E-state index is -0.342. The van der Waals surface area contributed by atoms with Crippen molar-refractivity contribution in [2.75, 3.05) is 17.7 Å². The van der Waals surface area contributed by atoms with Crippen molar-refractivity contribution in [3.05, 3.63) is 41.2 Å². The summed E-state index contributed by atoms with van der Waals surface area (Å²) in [6.07, 6.45) is -0.0949. The van der Waals surface area contributed by atoms with Gasteiger partial charge in [-0.1, -0.05) is 0 Å². The molecule has 0 aliphatic rings. The number of carbonyl (C=O) groups excluding carboxylic acids is 1. The fourth-order valence-corrected chi connectivity index (χ4v) is 2.98. The van der Waals surface area contributed by atoms with Crippen LogP contribution in [0, 0.1) is 6.92 Å². The van der Waals surface area contributed by atoms with Crippen LogP contribution in [-0.4, -0.2) is 38.6 Å². The number of rotatable bonds is 7. The Morgan fingerprint density at radius 3 is 2.43 bits per heavy atom. The molecule has 2 heterocycles. The van der Waals surface area contributed by atoms with Crippen LogP contribution in [0.1, 0.15) is 55.5 Å². The SMILES string of the molecule is CCOC(=O)c1ccc(NC(C)c2nc3c(OC(C)C)nc(N)nc3nc2C)cc1. The van der Waals surface area contributed by atoms with Gasteiger partial charge in [-0.3, -0.25) is 0 Å². The number of hydrogen-bond acceptors (Lipinski definition) is 9. The molecule has 0 aliphatic carbocycles. The minimum absolute atomic E-state index is 0.0902. The van der Waals surface area contributed by atoms with E-state index in [1.807, 2.05) is 39.8 Å². The Hall–Kier alpha value is -3.49. The molecule has 0 radical (unpaired) electrons. The Morgan fingerprint density at radius 2 is 1.80 bits per heavy atom. The summed E-state index contributed by atoms with van der Waals surface area (Å²) in [7, 11) is 0. The maximum absolute atomic E-state index is 11.8. The number of aromatic nitrogens is 4. The highest BCUT2D eigenvalue weighted by Gasteiger charge is 2.18. The van der Waals surface area contributed by atoms with Crippen LogP contribution >= 0.6 is 0 Å². The number of nitrogens with zero attached hydrogens (tertiary/aromatic N) is 4. The Bertz CT molecular complexity index is 1050. The largest absolute Gasteiger partial charge is 0.473 e. The second-order valence-corrected chi connectivity index (χ2v) is 7.08. The summed E-state index contributed by atoms with van der Waals surface area (Å²) in [5, 5.41) is 3.37. The molecule has 2 aromatic heterocycles. The van der Waals surface area contributed by atoms with Crippen LogP contribution in [0.2, 0.25) is 0 Å². The number of nitrogen functional groups attached to an aromatic ring is 1. The number of carbonyl (C=O) groups is 1. The third-order valence-corrected chi connectivity index (χ3v) is 4.26. The Balaban J connectivity index is 1.89. The third-order valence-electron chi connectivity index (χ3n) is 4.26. The predicted octanol–water partition coefficient (Wildman–Crippen LogP) is 3.45. The van der Waals surface area contributed by atoms with Gasteiger partial charge in [-0.2, -0.15) is 9.97 Å². The molecule has 1 atom stereocenters. The summed E-state index contributed by atoms with van der Waals surface area (Å²) >= 11 is 0. The highest BCUT2D eigenvalue weighted by atomic mass is 16.5. The molecule has 0 spiro atoms. The molecule has 30 heavy (non-hydrogen) atoms.